The molecule has 0 saturated heterocycles. The molecule has 5 aromatic heterocycles. The Labute approximate surface area is 282 Å². The zero-order valence-corrected chi connectivity index (χ0v) is 28.2. The molecule has 0 fully saturated rings. The zero-order chi connectivity index (χ0) is 33.9. The summed E-state index contributed by atoms with van der Waals surface area (Å²) in [6, 6.07) is 26.8. The van der Waals surface area contributed by atoms with Gasteiger partial charge in [0.2, 0.25) is 11.2 Å². The maximum absolute atomic E-state index is 11.7. The van der Waals surface area contributed by atoms with Gasteiger partial charge in [-0.05, 0) is 83.4 Å². The Bertz CT molecular complexity index is 2430. The van der Waals surface area contributed by atoms with Gasteiger partial charge < -0.3 is 5.32 Å². The summed E-state index contributed by atoms with van der Waals surface area (Å²) < 4.78 is 49.5. The van der Waals surface area contributed by atoms with E-state index in [-0.39, 0.29) is 10.2 Å². The second-order valence-corrected chi connectivity index (χ2v) is 15.2. The SMILES string of the molecule is CS(=O)(=O)c1ccc(-c2cccn3nc(Cl)nc23)cc1.CS(=O)(=O)c1ccc(-c2cccn3nc(NCCc4ccccn4)nc23)cc1. The summed E-state index contributed by atoms with van der Waals surface area (Å²) in [7, 11) is -6.42. The van der Waals surface area contributed by atoms with Crippen molar-refractivity contribution in [2.24, 2.45) is 0 Å². The van der Waals surface area contributed by atoms with E-state index in [1.807, 2.05) is 48.7 Å². The molecular formula is C33H29ClN8O4S2. The molecule has 1 N–H and O–H groups in total. The molecule has 0 aliphatic rings. The fraction of sp³-hybridized carbons (Fsp3) is 0.121. The van der Waals surface area contributed by atoms with Gasteiger partial charge in [0, 0.05) is 60.9 Å². The second-order valence-electron chi connectivity index (χ2n) is 10.8. The molecule has 48 heavy (non-hydrogen) atoms. The van der Waals surface area contributed by atoms with Crippen molar-refractivity contribution in [3.8, 4) is 22.3 Å². The molecule has 5 heterocycles. The molecule has 244 valence electrons. The number of fused-ring (bicyclic) bond motifs is 2. The molecule has 0 saturated carbocycles. The Balaban J connectivity index is 0.000000177. The van der Waals surface area contributed by atoms with Gasteiger partial charge in [0.15, 0.2) is 31.0 Å². The van der Waals surface area contributed by atoms with Crippen LogP contribution in [0.5, 0.6) is 0 Å². The maximum atomic E-state index is 11.7. The van der Waals surface area contributed by atoms with Crippen molar-refractivity contribution in [2.75, 3.05) is 24.4 Å². The minimum atomic E-state index is -3.22. The third kappa shape index (κ3) is 7.51. The second kappa shape index (κ2) is 13.5. The number of halogens is 1. The molecule has 0 amide bonds. The van der Waals surface area contributed by atoms with Gasteiger partial charge in [-0.15, -0.1) is 10.2 Å². The number of pyridine rings is 3. The van der Waals surface area contributed by atoms with E-state index in [1.165, 1.54) is 12.5 Å². The molecule has 0 radical (unpaired) electrons. The number of benzene rings is 2. The molecule has 15 heteroatoms. The van der Waals surface area contributed by atoms with Crippen molar-refractivity contribution in [2.45, 2.75) is 16.2 Å². The predicted octanol–water partition coefficient (Wildman–Crippen LogP) is 5.30. The van der Waals surface area contributed by atoms with E-state index in [4.69, 9.17) is 11.6 Å². The van der Waals surface area contributed by atoms with Crippen LogP contribution in [0.25, 0.3) is 33.5 Å². The summed E-state index contributed by atoms with van der Waals surface area (Å²) >= 11 is 5.81. The Morgan fingerprint density at radius 3 is 1.73 bits per heavy atom. The van der Waals surface area contributed by atoms with Gasteiger partial charge >= 0.3 is 0 Å². The Morgan fingerprint density at radius 2 is 1.21 bits per heavy atom. The number of anilines is 1. The van der Waals surface area contributed by atoms with E-state index in [0.29, 0.717) is 28.7 Å². The highest BCUT2D eigenvalue weighted by atomic mass is 35.5. The molecule has 0 aliphatic carbocycles. The van der Waals surface area contributed by atoms with Crippen LogP contribution in [0.15, 0.2) is 119 Å². The minimum absolute atomic E-state index is 0.171. The Kier molecular flexibility index (Phi) is 9.22. The fourth-order valence-electron chi connectivity index (χ4n) is 4.92. The molecule has 0 bridgehead atoms. The lowest BCUT2D eigenvalue weighted by Gasteiger charge is -2.04. The Hall–Kier alpha value is -5.18. The van der Waals surface area contributed by atoms with Crippen LogP contribution in [0.3, 0.4) is 0 Å². The van der Waals surface area contributed by atoms with Crippen molar-refractivity contribution in [1.82, 2.24) is 34.2 Å². The number of aromatic nitrogens is 7. The summed E-state index contributed by atoms with van der Waals surface area (Å²) in [6.07, 6.45) is 8.52. The topological polar surface area (TPSA) is 154 Å². The van der Waals surface area contributed by atoms with E-state index < -0.39 is 19.7 Å². The lowest BCUT2D eigenvalue weighted by Crippen LogP contribution is -2.07. The number of hydrogen-bond donors (Lipinski definition) is 1. The fourth-order valence-corrected chi connectivity index (χ4v) is 6.35. The van der Waals surface area contributed by atoms with Gasteiger partial charge in [0.1, 0.15) is 0 Å². The quantitative estimate of drug-likeness (QED) is 0.221. The average Bonchev–Trinajstić information content (AvgIpc) is 3.67. The summed E-state index contributed by atoms with van der Waals surface area (Å²) in [5.41, 5.74) is 5.79. The van der Waals surface area contributed by atoms with E-state index in [0.717, 1.165) is 34.4 Å². The van der Waals surface area contributed by atoms with Crippen LogP contribution in [0, 0.1) is 0 Å². The molecule has 0 aliphatic heterocycles. The number of sulfone groups is 2. The zero-order valence-electron chi connectivity index (χ0n) is 25.8. The van der Waals surface area contributed by atoms with Gasteiger partial charge in [-0.3, -0.25) is 4.98 Å². The molecule has 2 aromatic carbocycles. The van der Waals surface area contributed by atoms with Crippen molar-refractivity contribution in [3.63, 3.8) is 0 Å². The van der Waals surface area contributed by atoms with E-state index in [9.17, 15) is 16.8 Å². The maximum Gasteiger partial charge on any atom is 0.243 e. The highest BCUT2D eigenvalue weighted by Gasteiger charge is 2.13. The first-order chi connectivity index (χ1) is 23.0. The molecule has 7 aromatic rings. The molecule has 7 rings (SSSR count). The first-order valence-corrected chi connectivity index (χ1v) is 18.7. The standard InChI is InChI=1S/C20H19N5O2S.C13H10ClN3O2S/c1-28(26,27)17-9-7-15(8-10-17)18-6-4-14-25-19(18)23-20(24-25)22-13-11-16-5-2-3-12-21-16;1-20(18,19)10-6-4-9(5-7-10)11-3-2-8-17-12(11)15-13(14)16-17/h2-10,12,14H,11,13H2,1H3,(H,22,24);2-8H,1H3. The third-order valence-corrected chi connectivity index (χ3v) is 9.69. The van der Waals surface area contributed by atoms with Gasteiger partial charge in [-0.1, -0.05) is 30.3 Å². The van der Waals surface area contributed by atoms with Crippen molar-refractivity contribution < 1.29 is 16.8 Å². The van der Waals surface area contributed by atoms with E-state index in [1.54, 1.807) is 70.0 Å². The van der Waals surface area contributed by atoms with E-state index in [2.05, 4.69) is 30.5 Å². The minimum Gasteiger partial charge on any atom is -0.353 e. The highest BCUT2D eigenvalue weighted by Crippen LogP contribution is 2.27. The molecule has 12 nitrogen and oxygen atoms in total. The van der Waals surface area contributed by atoms with Crippen LogP contribution >= 0.6 is 11.6 Å². The van der Waals surface area contributed by atoms with Crippen LogP contribution in [0.1, 0.15) is 5.69 Å². The first kappa shape index (κ1) is 32.7. The van der Waals surface area contributed by atoms with Crippen LogP contribution < -0.4 is 5.32 Å². The number of rotatable bonds is 8. The van der Waals surface area contributed by atoms with Crippen molar-refractivity contribution >= 4 is 48.5 Å². The summed E-state index contributed by atoms with van der Waals surface area (Å²) in [5.74, 6) is 0.538. The van der Waals surface area contributed by atoms with Gasteiger partial charge in [-0.2, -0.15) is 9.97 Å². The van der Waals surface area contributed by atoms with E-state index >= 15 is 0 Å². The molecular weight excluding hydrogens is 672 g/mol. The normalized spacial score (nSPS) is 11.7. The first-order valence-electron chi connectivity index (χ1n) is 14.6. The lowest BCUT2D eigenvalue weighted by atomic mass is 10.1. The average molecular weight is 701 g/mol. The lowest BCUT2D eigenvalue weighted by molar-refractivity contribution is 0.600. The molecule has 0 unspecified atom stereocenters. The van der Waals surface area contributed by atoms with Gasteiger partial charge in [0.25, 0.3) is 0 Å². The smallest absolute Gasteiger partial charge is 0.243 e. The highest BCUT2D eigenvalue weighted by molar-refractivity contribution is 7.91. The van der Waals surface area contributed by atoms with Crippen LogP contribution in [-0.2, 0) is 26.1 Å². The molecule has 0 spiro atoms. The number of nitrogens with zero attached hydrogens (tertiary/aromatic N) is 7. The number of hydrogen-bond acceptors (Lipinski definition) is 10. The third-order valence-electron chi connectivity index (χ3n) is 7.28. The van der Waals surface area contributed by atoms with Crippen molar-refractivity contribution in [3.05, 3.63) is 121 Å². The van der Waals surface area contributed by atoms with Gasteiger partial charge in [0.05, 0.1) is 9.79 Å². The largest absolute Gasteiger partial charge is 0.353 e. The predicted molar refractivity (Wildman–Crippen MR) is 185 cm³/mol. The summed E-state index contributed by atoms with van der Waals surface area (Å²) in [4.78, 5) is 13.6. The van der Waals surface area contributed by atoms with Gasteiger partial charge in [-0.25, -0.2) is 25.9 Å². The summed E-state index contributed by atoms with van der Waals surface area (Å²) in [5, 5.41) is 11.9. The summed E-state index contributed by atoms with van der Waals surface area (Å²) in [6.45, 7) is 0.673. The van der Waals surface area contributed by atoms with Crippen LogP contribution in [-0.4, -0.2) is 70.1 Å². The van der Waals surface area contributed by atoms with Crippen LogP contribution in [0.4, 0.5) is 5.95 Å². The van der Waals surface area contributed by atoms with Crippen molar-refractivity contribution in [1.29, 1.82) is 0 Å². The Morgan fingerprint density at radius 1 is 0.667 bits per heavy atom. The monoisotopic (exact) mass is 700 g/mol. The van der Waals surface area contributed by atoms with Crippen LogP contribution in [0.2, 0.25) is 5.28 Å². The molecule has 0 atom stereocenters. The number of nitrogens with one attached hydrogen (secondary N) is 1.